The first kappa shape index (κ1) is 18.6. The van der Waals surface area contributed by atoms with Crippen LogP contribution in [0.25, 0.3) is 22.2 Å². The zero-order chi connectivity index (χ0) is 20.2. The van der Waals surface area contributed by atoms with E-state index in [0.29, 0.717) is 5.82 Å². The molecule has 1 atom stereocenters. The predicted molar refractivity (Wildman–Crippen MR) is 110 cm³/mol. The van der Waals surface area contributed by atoms with Gasteiger partial charge in [-0.15, -0.1) is 0 Å². The molecule has 1 aromatic carbocycles. The Morgan fingerprint density at radius 2 is 2.00 bits per heavy atom. The van der Waals surface area contributed by atoms with Crippen LogP contribution in [0.2, 0.25) is 0 Å². The molecule has 4 rings (SSSR count). The predicted octanol–water partition coefficient (Wildman–Crippen LogP) is 3.18. The maximum absolute atomic E-state index is 12.3. The Hall–Kier alpha value is -3.78. The van der Waals surface area contributed by atoms with Crippen molar-refractivity contribution in [1.82, 2.24) is 25.5 Å². The van der Waals surface area contributed by atoms with E-state index in [-0.39, 0.29) is 6.61 Å². The molecule has 0 aliphatic heterocycles. The van der Waals surface area contributed by atoms with Crippen molar-refractivity contribution in [2.45, 2.75) is 13.0 Å². The Bertz CT molecular complexity index is 1140. The van der Waals surface area contributed by atoms with Gasteiger partial charge in [0, 0.05) is 35.1 Å². The molecular weight excluding hydrogens is 368 g/mol. The number of aromatic nitrogens is 4. The number of anilines is 1. The number of carbonyl (C=O) groups excluding carboxylic acids is 1. The Morgan fingerprint density at radius 1 is 1.17 bits per heavy atom. The lowest BCUT2D eigenvalue weighted by molar-refractivity contribution is 0.225. The fourth-order valence-corrected chi connectivity index (χ4v) is 3.12. The average molecular weight is 388 g/mol. The number of nitrogens with zero attached hydrogens (tertiary/aromatic N) is 3. The third-order valence-electron chi connectivity index (χ3n) is 4.55. The van der Waals surface area contributed by atoms with Crippen LogP contribution in [-0.2, 0) is 0 Å². The van der Waals surface area contributed by atoms with Crippen molar-refractivity contribution >= 4 is 22.8 Å². The summed E-state index contributed by atoms with van der Waals surface area (Å²) in [4.78, 5) is 20.9. The second-order valence-corrected chi connectivity index (χ2v) is 6.62. The first-order chi connectivity index (χ1) is 14.1. The van der Waals surface area contributed by atoms with E-state index in [4.69, 9.17) is 0 Å². The van der Waals surface area contributed by atoms with Crippen molar-refractivity contribution in [2.75, 3.05) is 11.9 Å². The lowest BCUT2D eigenvalue weighted by Gasteiger charge is -2.17. The van der Waals surface area contributed by atoms with Gasteiger partial charge < -0.3 is 10.4 Å². The van der Waals surface area contributed by atoms with Crippen LogP contribution in [0.1, 0.15) is 17.3 Å². The third-order valence-corrected chi connectivity index (χ3v) is 4.55. The molecule has 8 nitrogen and oxygen atoms in total. The second-order valence-electron chi connectivity index (χ2n) is 6.62. The number of hydrogen-bond acceptors (Lipinski definition) is 5. The van der Waals surface area contributed by atoms with Gasteiger partial charge in [0.25, 0.3) is 0 Å². The summed E-state index contributed by atoms with van der Waals surface area (Å²) in [5.74, 6) is 0.376. The molecule has 0 spiro atoms. The number of urea groups is 1. The molecule has 3 aromatic heterocycles. The molecule has 146 valence electrons. The van der Waals surface area contributed by atoms with Crippen LogP contribution >= 0.6 is 0 Å². The van der Waals surface area contributed by atoms with Crippen molar-refractivity contribution < 1.29 is 9.90 Å². The molecule has 4 aromatic rings. The maximum atomic E-state index is 12.3. The third kappa shape index (κ3) is 4.07. The first-order valence-electron chi connectivity index (χ1n) is 9.14. The van der Waals surface area contributed by atoms with Crippen molar-refractivity contribution in [3.8, 4) is 11.3 Å². The van der Waals surface area contributed by atoms with Crippen LogP contribution in [-0.4, -0.2) is 37.9 Å². The maximum Gasteiger partial charge on any atom is 0.320 e. The Morgan fingerprint density at radius 3 is 2.76 bits per heavy atom. The molecule has 4 N–H and O–H groups in total. The number of fused-ring (bicyclic) bond motifs is 1. The number of hydrogen-bond donors (Lipinski definition) is 4. The SMILES string of the molecule is Cc1cc(-c2n[nH]c3cc(NC(=O)N[C@H](CO)c4ccccc4)ncc23)ccn1. The molecule has 3 heterocycles. The summed E-state index contributed by atoms with van der Waals surface area (Å²) in [6.45, 7) is 1.71. The van der Waals surface area contributed by atoms with E-state index in [0.717, 1.165) is 33.4 Å². The number of rotatable bonds is 5. The lowest BCUT2D eigenvalue weighted by Crippen LogP contribution is -2.34. The lowest BCUT2D eigenvalue weighted by atomic mass is 10.1. The molecule has 0 saturated carbocycles. The summed E-state index contributed by atoms with van der Waals surface area (Å²) in [5, 5.41) is 23.2. The van der Waals surface area contributed by atoms with Crippen molar-refractivity contribution in [2.24, 2.45) is 0 Å². The minimum Gasteiger partial charge on any atom is -0.394 e. The van der Waals surface area contributed by atoms with Gasteiger partial charge in [0.1, 0.15) is 11.5 Å². The number of aliphatic hydroxyl groups excluding tert-OH is 1. The van der Waals surface area contributed by atoms with Crippen LogP contribution < -0.4 is 10.6 Å². The number of aryl methyl sites for hydroxylation is 1. The highest BCUT2D eigenvalue weighted by Crippen LogP contribution is 2.27. The van der Waals surface area contributed by atoms with Gasteiger partial charge in [-0.05, 0) is 24.6 Å². The van der Waals surface area contributed by atoms with E-state index in [1.54, 1.807) is 18.5 Å². The number of pyridine rings is 2. The van der Waals surface area contributed by atoms with E-state index in [2.05, 4.69) is 30.8 Å². The monoisotopic (exact) mass is 388 g/mol. The fraction of sp³-hybridized carbons (Fsp3) is 0.143. The number of benzene rings is 1. The highest BCUT2D eigenvalue weighted by Gasteiger charge is 2.15. The normalized spacial score (nSPS) is 11.9. The number of aliphatic hydroxyl groups is 1. The minimum atomic E-state index is -0.506. The van der Waals surface area contributed by atoms with E-state index in [1.807, 2.05) is 49.4 Å². The van der Waals surface area contributed by atoms with Gasteiger partial charge in [0.15, 0.2) is 0 Å². The quantitative estimate of drug-likeness (QED) is 0.419. The van der Waals surface area contributed by atoms with Gasteiger partial charge in [0.2, 0.25) is 0 Å². The van der Waals surface area contributed by atoms with Crippen LogP contribution in [0.5, 0.6) is 0 Å². The van der Waals surface area contributed by atoms with Crippen LogP contribution in [0.15, 0.2) is 60.9 Å². The summed E-state index contributed by atoms with van der Waals surface area (Å²) in [6.07, 6.45) is 3.41. The van der Waals surface area contributed by atoms with E-state index >= 15 is 0 Å². The summed E-state index contributed by atoms with van der Waals surface area (Å²) < 4.78 is 0. The van der Waals surface area contributed by atoms with Crippen LogP contribution in [0.4, 0.5) is 10.6 Å². The summed E-state index contributed by atoms with van der Waals surface area (Å²) >= 11 is 0. The summed E-state index contributed by atoms with van der Waals surface area (Å²) in [7, 11) is 0. The van der Waals surface area contributed by atoms with Crippen molar-refractivity contribution in [1.29, 1.82) is 0 Å². The minimum absolute atomic E-state index is 0.209. The number of amides is 2. The van der Waals surface area contributed by atoms with E-state index in [9.17, 15) is 9.90 Å². The molecule has 0 unspecified atom stereocenters. The highest BCUT2D eigenvalue weighted by atomic mass is 16.3. The molecule has 0 aliphatic carbocycles. The molecule has 0 bridgehead atoms. The Labute approximate surface area is 167 Å². The summed E-state index contributed by atoms with van der Waals surface area (Å²) in [6, 6.07) is 13.9. The largest absolute Gasteiger partial charge is 0.394 e. The first-order valence-corrected chi connectivity index (χ1v) is 9.14. The number of H-pyrrole nitrogens is 1. The Balaban J connectivity index is 1.51. The highest BCUT2D eigenvalue weighted by molar-refractivity contribution is 5.95. The molecule has 2 amide bonds. The van der Waals surface area contributed by atoms with Crippen molar-refractivity contribution in [3.05, 3.63) is 72.2 Å². The standard InChI is InChI=1S/C21H20N6O2/c1-13-9-15(7-8-22-13)20-16-11-23-19(10-17(16)26-27-20)25-21(29)24-18(12-28)14-5-3-2-4-6-14/h2-11,18,28H,12H2,1H3,(H,26,27)(H2,23,24,25,29)/t18-/m1/s1. The fourth-order valence-electron chi connectivity index (χ4n) is 3.12. The number of aromatic amines is 1. The van der Waals surface area contributed by atoms with Gasteiger partial charge in [-0.1, -0.05) is 30.3 Å². The van der Waals surface area contributed by atoms with Gasteiger partial charge in [0.05, 0.1) is 18.2 Å². The smallest absolute Gasteiger partial charge is 0.320 e. The van der Waals surface area contributed by atoms with Crippen LogP contribution in [0, 0.1) is 6.92 Å². The van der Waals surface area contributed by atoms with E-state index in [1.165, 1.54) is 0 Å². The zero-order valence-corrected chi connectivity index (χ0v) is 15.8. The van der Waals surface area contributed by atoms with Gasteiger partial charge in [-0.2, -0.15) is 5.10 Å². The molecule has 8 heteroatoms. The summed E-state index contributed by atoms with van der Waals surface area (Å²) in [5.41, 5.74) is 4.19. The molecule has 0 aliphatic rings. The van der Waals surface area contributed by atoms with Gasteiger partial charge >= 0.3 is 6.03 Å². The molecule has 0 saturated heterocycles. The van der Waals surface area contributed by atoms with Gasteiger partial charge in [-0.25, -0.2) is 9.78 Å². The number of carbonyl (C=O) groups is 1. The molecule has 0 radical (unpaired) electrons. The van der Waals surface area contributed by atoms with E-state index < -0.39 is 12.1 Å². The van der Waals surface area contributed by atoms with Gasteiger partial charge in [-0.3, -0.25) is 15.4 Å². The number of nitrogens with one attached hydrogen (secondary N) is 3. The zero-order valence-electron chi connectivity index (χ0n) is 15.8. The van der Waals surface area contributed by atoms with Crippen molar-refractivity contribution in [3.63, 3.8) is 0 Å². The topological polar surface area (TPSA) is 116 Å². The van der Waals surface area contributed by atoms with Crippen LogP contribution in [0.3, 0.4) is 0 Å². The average Bonchev–Trinajstić information content (AvgIpc) is 3.16. The Kier molecular flexibility index (Phi) is 5.17. The molecule has 29 heavy (non-hydrogen) atoms. The molecule has 0 fully saturated rings. The second kappa shape index (κ2) is 8.07. The molecular formula is C21H20N6O2.